The molecule has 0 unspecified atom stereocenters. The number of fused-ring (bicyclic) bond motifs is 6. The Balaban J connectivity index is 1.01. The zero-order valence-corrected chi connectivity index (χ0v) is 26.8. The number of rotatable bonds is 4. The van der Waals surface area contributed by atoms with E-state index in [1.165, 1.54) is 0 Å². The predicted molar refractivity (Wildman–Crippen MR) is 205 cm³/mol. The van der Waals surface area contributed by atoms with E-state index in [0.717, 1.165) is 99.4 Å². The maximum absolute atomic E-state index is 5.15. The van der Waals surface area contributed by atoms with Gasteiger partial charge in [-0.1, -0.05) is 97.1 Å². The van der Waals surface area contributed by atoms with Gasteiger partial charge in [-0.25, -0.2) is 15.0 Å². The lowest BCUT2D eigenvalue weighted by Gasteiger charge is -2.10. The van der Waals surface area contributed by atoms with Crippen molar-refractivity contribution in [3.05, 3.63) is 164 Å². The van der Waals surface area contributed by atoms with Gasteiger partial charge in [0.25, 0.3) is 0 Å². The van der Waals surface area contributed by atoms with Crippen molar-refractivity contribution in [3.8, 4) is 44.9 Å². The van der Waals surface area contributed by atoms with Crippen LogP contribution in [0.4, 0.5) is 0 Å². The first-order valence-corrected chi connectivity index (χ1v) is 16.7. The lowest BCUT2D eigenvalue weighted by Crippen LogP contribution is -1.90. The second-order valence-corrected chi connectivity index (χ2v) is 12.6. The van der Waals surface area contributed by atoms with Crippen LogP contribution >= 0.6 is 0 Å². The molecule has 232 valence electrons. The van der Waals surface area contributed by atoms with Crippen LogP contribution in [0.2, 0.25) is 0 Å². The molecule has 0 bridgehead atoms. The Kier molecular flexibility index (Phi) is 6.42. The Labute approximate surface area is 287 Å². The van der Waals surface area contributed by atoms with Gasteiger partial charge in [-0.15, -0.1) is 0 Å². The molecular formula is C45H27N5. The summed E-state index contributed by atoms with van der Waals surface area (Å²) in [7, 11) is 0. The summed E-state index contributed by atoms with van der Waals surface area (Å²) in [6, 6.07) is 52.6. The molecule has 50 heavy (non-hydrogen) atoms. The first-order chi connectivity index (χ1) is 24.7. The molecule has 0 aliphatic carbocycles. The zero-order valence-electron chi connectivity index (χ0n) is 26.8. The van der Waals surface area contributed by atoms with Crippen LogP contribution in [0.1, 0.15) is 0 Å². The van der Waals surface area contributed by atoms with E-state index in [9.17, 15) is 0 Å². The molecule has 0 radical (unpaired) electrons. The van der Waals surface area contributed by atoms with E-state index in [2.05, 4.69) is 137 Å². The van der Waals surface area contributed by atoms with Crippen molar-refractivity contribution in [1.29, 1.82) is 0 Å². The van der Waals surface area contributed by atoms with Crippen LogP contribution < -0.4 is 0 Å². The molecule has 0 aliphatic heterocycles. The Morgan fingerprint density at radius 2 is 0.900 bits per heavy atom. The van der Waals surface area contributed by atoms with Gasteiger partial charge in [0.2, 0.25) is 0 Å². The van der Waals surface area contributed by atoms with Crippen LogP contribution in [0.25, 0.3) is 99.4 Å². The van der Waals surface area contributed by atoms with E-state index in [1.54, 1.807) is 0 Å². The van der Waals surface area contributed by atoms with Crippen LogP contribution in [-0.2, 0) is 0 Å². The topological polar surface area (TPSA) is 64.5 Å². The van der Waals surface area contributed by atoms with Gasteiger partial charge in [0.1, 0.15) is 0 Å². The number of pyridine rings is 5. The Bertz CT molecular complexity index is 2950. The average Bonchev–Trinajstić information content (AvgIpc) is 3.19. The van der Waals surface area contributed by atoms with Gasteiger partial charge in [0.05, 0.1) is 44.7 Å². The normalized spacial score (nSPS) is 11.6. The summed E-state index contributed by atoms with van der Waals surface area (Å²) in [5.74, 6) is 0. The minimum absolute atomic E-state index is 0.908. The number of aromatic nitrogens is 5. The second kappa shape index (κ2) is 11.4. The summed E-state index contributed by atoms with van der Waals surface area (Å²) < 4.78 is 0. The summed E-state index contributed by atoms with van der Waals surface area (Å²) in [5.41, 5.74) is 12.8. The number of hydrogen-bond acceptors (Lipinski definition) is 5. The molecule has 0 atom stereocenters. The van der Waals surface area contributed by atoms with Crippen molar-refractivity contribution < 1.29 is 0 Å². The highest BCUT2D eigenvalue weighted by atomic mass is 14.8. The fourth-order valence-corrected chi connectivity index (χ4v) is 6.95. The van der Waals surface area contributed by atoms with E-state index >= 15 is 0 Å². The molecule has 0 fully saturated rings. The molecule has 5 aromatic heterocycles. The van der Waals surface area contributed by atoms with Crippen molar-refractivity contribution in [1.82, 2.24) is 24.9 Å². The third-order valence-electron chi connectivity index (χ3n) is 9.53. The molecular weight excluding hydrogens is 611 g/mol. The van der Waals surface area contributed by atoms with E-state index in [0.29, 0.717) is 0 Å². The van der Waals surface area contributed by atoms with Crippen molar-refractivity contribution in [2.45, 2.75) is 0 Å². The van der Waals surface area contributed by atoms with Crippen LogP contribution in [0.5, 0.6) is 0 Å². The Morgan fingerprint density at radius 3 is 1.68 bits per heavy atom. The number of nitrogens with zero attached hydrogens (tertiary/aromatic N) is 5. The molecule has 5 heteroatoms. The van der Waals surface area contributed by atoms with Gasteiger partial charge in [-0.2, -0.15) is 0 Å². The van der Waals surface area contributed by atoms with Gasteiger partial charge in [-0.05, 0) is 65.7 Å². The maximum atomic E-state index is 5.15. The molecule has 0 spiro atoms. The van der Waals surface area contributed by atoms with Crippen molar-refractivity contribution >= 4 is 54.5 Å². The highest BCUT2D eigenvalue weighted by Gasteiger charge is 2.11. The molecule has 10 rings (SSSR count). The summed E-state index contributed by atoms with van der Waals surface area (Å²) in [6.45, 7) is 0. The molecule has 0 N–H and O–H groups in total. The summed E-state index contributed by atoms with van der Waals surface area (Å²) >= 11 is 0. The first-order valence-electron chi connectivity index (χ1n) is 16.7. The molecule has 0 saturated heterocycles. The quantitative estimate of drug-likeness (QED) is 0.180. The lowest BCUT2D eigenvalue weighted by atomic mass is 10.00. The molecule has 0 amide bonds. The van der Waals surface area contributed by atoms with E-state index in [1.807, 2.05) is 36.7 Å². The molecule has 0 saturated carbocycles. The zero-order chi connectivity index (χ0) is 33.0. The maximum Gasteiger partial charge on any atom is 0.0972 e. The minimum atomic E-state index is 0.908. The number of hydrogen-bond donors (Lipinski definition) is 0. The van der Waals surface area contributed by atoms with Crippen molar-refractivity contribution in [3.63, 3.8) is 0 Å². The van der Waals surface area contributed by atoms with Crippen LogP contribution in [0, 0.1) is 0 Å². The van der Waals surface area contributed by atoms with Gasteiger partial charge in [0.15, 0.2) is 0 Å². The molecule has 10 aromatic rings. The van der Waals surface area contributed by atoms with Crippen molar-refractivity contribution in [2.24, 2.45) is 0 Å². The van der Waals surface area contributed by atoms with E-state index in [4.69, 9.17) is 15.0 Å². The van der Waals surface area contributed by atoms with Gasteiger partial charge >= 0.3 is 0 Å². The Morgan fingerprint density at radius 1 is 0.320 bits per heavy atom. The van der Waals surface area contributed by atoms with Gasteiger partial charge in [0, 0.05) is 56.0 Å². The third kappa shape index (κ3) is 4.83. The van der Waals surface area contributed by atoms with E-state index in [-0.39, 0.29) is 0 Å². The summed E-state index contributed by atoms with van der Waals surface area (Å²) in [5, 5.41) is 5.45. The smallest absolute Gasteiger partial charge is 0.0972 e. The fourth-order valence-electron chi connectivity index (χ4n) is 6.95. The van der Waals surface area contributed by atoms with Crippen molar-refractivity contribution in [2.75, 3.05) is 0 Å². The van der Waals surface area contributed by atoms with Crippen LogP contribution in [-0.4, -0.2) is 24.9 Å². The monoisotopic (exact) mass is 637 g/mol. The largest absolute Gasteiger partial charge is 0.256 e. The van der Waals surface area contributed by atoms with E-state index < -0.39 is 0 Å². The van der Waals surface area contributed by atoms with Crippen LogP contribution in [0.15, 0.2) is 164 Å². The van der Waals surface area contributed by atoms with Gasteiger partial charge in [-0.3, -0.25) is 9.97 Å². The summed E-state index contributed by atoms with van der Waals surface area (Å²) in [4.78, 5) is 24.5. The molecule has 5 aromatic carbocycles. The van der Waals surface area contributed by atoms with Gasteiger partial charge < -0.3 is 0 Å². The molecule has 5 nitrogen and oxygen atoms in total. The second-order valence-electron chi connectivity index (χ2n) is 12.6. The predicted octanol–water partition coefficient (Wildman–Crippen LogP) is 11.1. The summed E-state index contributed by atoms with van der Waals surface area (Å²) in [6.07, 6.45) is 3.65. The highest BCUT2D eigenvalue weighted by Crippen LogP contribution is 2.33. The Hall–Kier alpha value is -6.85. The first kappa shape index (κ1) is 28.2. The highest BCUT2D eigenvalue weighted by molar-refractivity contribution is 6.03. The lowest BCUT2D eigenvalue weighted by molar-refractivity contribution is 1.36. The SMILES string of the molecule is c1cc(-c2ccc3ccc(-c4ccc5ccc(-c6cccc7ncccc67)nc5c4)cc3n2)cc(-c2ccc3ccc4cccnc4c3n2)c1. The third-order valence-corrected chi connectivity index (χ3v) is 9.53. The standard InChI is InChI=1S/C45H27N5/c1-5-34(25-35(6-1)39-21-19-31-14-13-30-7-3-24-47-44(30)45(31)50-39)38-20-17-28-11-15-32(26-42(28)48-38)33-16-12-29-18-22-41(49-43(29)27-33)37-8-2-10-40-36(37)9-4-23-46-40/h1-27H. The molecule has 5 heterocycles. The minimum Gasteiger partial charge on any atom is -0.256 e. The number of benzene rings is 5. The fraction of sp³-hybridized carbons (Fsp3) is 0. The average molecular weight is 638 g/mol. The van der Waals surface area contributed by atoms with Crippen LogP contribution in [0.3, 0.4) is 0 Å². The molecule has 0 aliphatic rings.